The molecule has 2 aromatic carbocycles. The molecule has 0 spiro atoms. The Morgan fingerprint density at radius 3 is 2.75 bits per heavy atom. The Bertz CT molecular complexity index is 559. The van der Waals surface area contributed by atoms with Crippen molar-refractivity contribution < 1.29 is 9.84 Å². The van der Waals surface area contributed by atoms with Crippen molar-refractivity contribution in [2.45, 2.75) is 13.3 Å². The number of fused-ring (bicyclic) bond motifs is 2. The topological polar surface area (TPSA) is 29.5 Å². The lowest BCUT2D eigenvalue weighted by Gasteiger charge is -2.21. The molecular formula is C14H12O2. The van der Waals surface area contributed by atoms with Gasteiger partial charge in [-0.2, -0.15) is 0 Å². The Hall–Kier alpha value is -1.96. The third-order valence-electron chi connectivity index (χ3n) is 3.00. The fourth-order valence-electron chi connectivity index (χ4n) is 2.06. The van der Waals surface area contributed by atoms with Gasteiger partial charge in [-0.3, -0.25) is 0 Å². The Balaban J connectivity index is 2.16. The van der Waals surface area contributed by atoms with E-state index < -0.39 is 0 Å². The first-order valence-electron chi connectivity index (χ1n) is 5.33. The van der Waals surface area contributed by atoms with Gasteiger partial charge in [-0.15, -0.1) is 0 Å². The fraction of sp³-hybridized carbons (Fsp3) is 0.143. The van der Waals surface area contributed by atoms with Crippen molar-refractivity contribution in [3.8, 4) is 17.2 Å². The van der Waals surface area contributed by atoms with Gasteiger partial charge in [0.1, 0.15) is 17.2 Å². The SMILES string of the molecule is Cc1ccc2c(c1O)Cc1ccccc1O2. The van der Waals surface area contributed by atoms with Crippen LogP contribution in [-0.2, 0) is 6.42 Å². The number of aromatic hydroxyl groups is 1. The van der Waals surface area contributed by atoms with Crippen LogP contribution in [0.3, 0.4) is 0 Å². The van der Waals surface area contributed by atoms with Crippen LogP contribution in [0.1, 0.15) is 16.7 Å². The van der Waals surface area contributed by atoms with Crippen LogP contribution in [0.2, 0.25) is 0 Å². The van der Waals surface area contributed by atoms with E-state index in [1.807, 2.05) is 43.3 Å². The summed E-state index contributed by atoms with van der Waals surface area (Å²) in [6.07, 6.45) is 0.735. The number of hydrogen-bond acceptors (Lipinski definition) is 2. The van der Waals surface area contributed by atoms with Crippen molar-refractivity contribution in [3.05, 3.63) is 53.1 Å². The average Bonchev–Trinajstić information content (AvgIpc) is 2.32. The molecule has 0 saturated carbocycles. The highest BCUT2D eigenvalue weighted by Gasteiger charge is 2.20. The summed E-state index contributed by atoms with van der Waals surface area (Å²) in [7, 11) is 0. The largest absolute Gasteiger partial charge is 0.507 e. The van der Waals surface area contributed by atoms with E-state index >= 15 is 0 Å². The summed E-state index contributed by atoms with van der Waals surface area (Å²) >= 11 is 0. The third-order valence-corrected chi connectivity index (χ3v) is 3.00. The molecule has 2 aromatic rings. The highest BCUT2D eigenvalue weighted by molar-refractivity contribution is 5.56. The second-order valence-electron chi connectivity index (χ2n) is 4.09. The van der Waals surface area contributed by atoms with Crippen molar-refractivity contribution in [2.75, 3.05) is 0 Å². The maximum atomic E-state index is 9.99. The molecule has 0 amide bonds. The van der Waals surface area contributed by atoms with E-state index in [-0.39, 0.29) is 0 Å². The highest BCUT2D eigenvalue weighted by atomic mass is 16.5. The molecule has 0 saturated heterocycles. The van der Waals surface area contributed by atoms with Crippen LogP contribution in [0.25, 0.3) is 0 Å². The number of ether oxygens (including phenoxy) is 1. The number of phenols is 1. The molecule has 2 nitrogen and oxygen atoms in total. The maximum Gasteiger partial charge on any atom is 0.134 e. The van der Waals surface area contributed by atoms with Gasteiger partial charge in [0.25, 0.3) is 0 Å². The summed E-state index contributed by atoms with van der Waals surface area (Å²) in [6, 6.07) is 11.7. The van der Waals surface area contributed by atoms with Crippen molar-refractivity contribution in [2.24, 2.45) is 0 Å². The zero-order valence-corrected chi connectivity index (χ0v) is 9.03. The number of hydrogen-bond donors (Lipinski definition) is 1. The standard InChI is InChI=1S/C14H12O2/c1-9-6-7-13-11(14(9)15)8-10-4-2-3-5-12(10)16-13/h2-7,15H,8H2,1H3. The van der Waals surface area contributed by atoms with Crippen molar-refractivity contribution >= 4 is 0 Å². The summed E-state index contributed by atoms with van der Waals surface area (Å²) in [5.41, 5.74) is 2.90. The van der Waals surface area contributed by atoms with Gasteiger partial charge in [-0.1, -0.05) is 24.3 Å². The van der Waals surface area contributed by atoms with Gasteiger partial charge >= 0.3 is 0 Å². The molecule has 2 heteroatoms. The number of aryl methyl sites for hydroxylation is 1. The second-order valence-corrected chi connectivity index (χ2v) is 4.09. The van der Waals surface area contributed by atoms with E-state index in [1.54, 1.807) is 0 Å². The van der Waals surface area contributed by atoms with Crippen LogP contribution in [-0.4, -0.2) is 5.11 Å². The van der Waals surface area contributed by atoms with E-state index in [9.17, 15) is 5.11 Å². The molecule has 0 aromatic heterocycles. The Morgan fingerprint density at radius 1 is 1.06 bits per heavy atom. The minimum Gasteiger partial charge on any atom is -0.507 e. The average molecular weight is 212 g/mol. The normalized spacial score (nSPS) is 12.6. The van der Waals surface area contributed by atoms with Gasteiger partial charge in [-0.05, 0) is 30.2 Å². The molecule has 0 aliphatic carbocycles. The number of phenolic OH excluding ortho intramolecular Hbond substituents is 1. The van der Waals surface area contributed by atoms with Gasteiger partial charge in [0.05, 0.1) is 0 Å². The third kappa shape index (κ3) is 1.27. The quantitative estimate of drug-likeness (QED) is 0.619. The predicted molar refractivity (Wildman–Crippen MR) is 62.2 cm³/mol. The molecule has 80 valence electrons. The van der Waals surface area contributed by atoms with Crippen molar-refractivity contribution in [1.29, 1.82) is 0 Å². The van der Waals surface area contributed by atoms with E-state index in [0.717, 1.165) is 34.6 Å². The number of para-hydroxylation sites is 1. The van der Waals surface area contributed by atoms with Crippen LogP contribution in [0, 0.1) is 6.92 Å². The molecule has 1 aliphatic rings. The van der Waals surface area contributed by atoms with Gasteiger partial charge in [0, 0.05) is 12.0 Å². The van der Waals surface area contributed by atoms with Gasteiger partial charge in [-0.25, -0.2) is 0 Å². The lowest BCUT2D eigenvalue weighted by molar-refractivity contribution is 0.430. The molecule has 1 heterocycles. The van der Waals surface area contributed by atoms with Crippen LogP contribution in [0.5, 0.6) is 17.2 Å². The summed E-state index contributed by atoms with van der Waals surface area (Å²) in [4.78, 5) is 0. The van der Waals surface area contributed by atoms with E-state index in [1.165, 1.54) is 0 Å². The number of benzene rings is 2. The first kappa shape index (κ1) is 9.28. The van der Waals surface area contributed by atoms with E-state index in [0.29, 0.717) is 5.75 Å². The molecule has 3 rings (SSSR count). The van der Waals surface area contributed by atoms with Crippen LogP contribution in [0.4, 0.5) is 0 Å². The summed E-state index contributed by atoms with van der Waals surface area (Å²) in [5.74, 6) is 2.01. The smallest absolute Gasteiger partial charge is 0.134 e. The van der Waals surface area contributed by atoms with Crippen LogP contribution < -0.4 is 4.74 Å². The highest BCUT2D eigenvalue weighted by Crippen LogP contribution is 2.41. The van der Waals surface area contributed by atoms with Crippen molar-refractivity contribution in [3.63, 3.8) is 0 Å². The van der Waals surface area contributed by atoms with E-state index in [2.05, 4.69) is 0 Å². The van der Waals surface area contributed by atoms with Crippen LogP contribution in [0.15, 0.2) is 36.4 Å². The molecule has 16 heavy (non-hydrogen) atoms. The van der Waals surface area contributed by atoms with Crippen molar-refractivity contribution in [1.82, 2.24) is 0 Å². The van der Waals surface area contributed by atoms with Gasteiger partial charge in [0.2, 0.25) is 0 Å². The molecule has 0 fully saturated rings. The summed E-state index contributed by atoms with van der Waals surface area (Å²) in [6.45, 7) is 1.90. The van der Waals surface area contributed by atoms with Crippen LogP contribution >= 0.6 is 0 Å². The van der Waals surface area contributed by atoms with Gasteiger partial charge in [0.15, 0.2) is 0 Å². The zero-order chi connectivity index (χ0) is 11.1. The molecule has 1 N–H and O–H groups in total. The molecule has 0 radical (unpaired) electrons. The van der Waals surface area contributed by atoms with Gasteiger partial charge < -0.3 is 9.84 Å². The Labute approximate surface area is 94.1 Å². The zero-order valence-electron chi connectivity index (χ0n) is 9.03. The number of rotatable bonds is 0. The predicted octanol–water partition coefficient (Wildman–Crippen LogP) is 3.40. The molecule has 0 unspecified atom stereocenters. The monoisotopic (exact) mass is 212 g/mol. The minimum atomic E-state index is 0.354. The fourth-order valence-corrected chi connectivity index (χ4v) is 2.06. The first-order chi connectivity index (χ1) is 7.75. The second kappa shape index (κ2) is 3.27. The maximum absolute atomic E-state index is 9.99. The summed E-state index contributed by atoms with van der Waals surface area (Å²) in [5, 5.41) is 9.99. The van der Waals surface area contributed by atoms with E-state index in [4.69, 9.17) is 4.74 Å². The first-order valence-corrected chi connectivity index (χ1v) is 5.33. The Kier molecular flexibility index (Phi) is 1.90. The lowest BCUT2D eigenvalue weighted by atomic mass is 9.98. The summed E-state index contributed by atoms with van der Waals surface area (Å²) < 4.78 is 5.75. The Morgan fingerprint density at radius 2 is 1.88 bits per heavy atom. The minimum absolute atomic E-state index is 0.354. The molecule has 0 bridgehead atoms. The molecular weight excluding hydrogens is 200 g/mol. The lowest BCUT2D eigenvalue weighted by Crippen LogP contribution is -2.03. The molecule has 1 aliphatic heterocycles. The molecule has 0 atom stereocenters.